The highest BCUT2D eigenvalue weighted by atomic mass is 32.1. The van der Waals surface area contributed by atoms with Crippen LogP contribution in [0.2, 0.25) is 0 Å². The SMILES string of the molecule is CCn1nc(C(=O)OC2CN(c3nc4c(OC)cccc4s3)C2)cc1C. The molecule has 2 aromatic heterocycles. The number of aromatic nitrogens is 3. The molecular formula is C18H20N4O3S. The molecule has 0 bridgehead atoms. The first kappa shape index (κ1) is 16.8. The molecule has 8 heteroatoms. The van der Waals surface area contributed by atoms with E-state index in [0.29, 0.717) is 18.8 Å². The average molecular weight is 372 g/mol. The third-order valence-corrected chi connectivity index (χ3v) is 5.55. The molecule has 1 aliphatic heterocycles. The van der Waals surface area contributed by atoms with Gasteiger partial charge in [-0.1, -0.05) is 17.4 Å². The van der Waals surface area contributed by atoms with Crippen molar-refractivity contribution in [3.63, 3.8) is 0 Å². The predicted molar refractivity (Wildman–Crippen MR) is 100 cm³/mol. The number of hydrogen-bond donors (Lipinski definition) is 0. The number of hydrogen-bond acceptors (Lipinski definition) is 7. The van der Waals surface area contributed by atoms with Crippen LogP contribution in [0.3, 0.4) is 0 Å². The summed E-state index contributed by atoms with van der Waals surface area (Å²) in [6.45, 7) is 5.94. The lowest BCUT2D eigenvalue weighted by Crippen LogP contribution is -2.53. The van der Waals surface area contributed by atoms with Crippen molar-refractivity contribution in [3.05, 3.63) is 35.7 Å². The highest BCUT2D eigenvalue weighted by molar-refractivity contribution is 7.22. The minimum Gasteiger partial charge on any atom is -0.494 e. The van der Waals surface area contributed by atoms with Crippen molar-refractivity contribution in [1.29, 1.82) is 0 Å². The lowest BCUT2D eigenvalue weighted by atomic mass is 10.2. The van der Waals surface area contributed by atoms with Crippen LogP contribution in [-0.4, -0.2) is 47.0 Å². The van der Waals surface area contributed by atoms with E-state index in [4.69, 9.17) is 9.47 Å². The Morgan fingerprint density at radius 1 is 1.38 bits per heavy atom. The molecule has 0 radical (unpaired) electrons. The van der Waals surface area contributed by atoms with Crippen LogP contribution in [-0.2, 0) is 11.3 Å². The topological polar surface area (TPSA) is 69.5 Å². The molecule has 0 amide bonds. The second-order valence-corrected chi connectivity index (χ2v) is 7.23. The van der Waals surface area contributed by atoms with Gasteiger partial charge in [0.25, 0.3) is 0 Å². The molecule has 0 aliphatic carbocycles. The number of thiazole rings is 1. The van der Waals surface area contributed by atoms with Crippen LogP contribution < -0.4 is 9.64 Å². The Morgan fingerprint density at radius 2 is 2.19 bits per heavy atom. The number of esters is 1. The van der Waals surface area contributed by atoms with Gasteiger partial charge in [-0.3, -0.25) is 4.68 Å². The molecule has 4 rings (SSSR count). The maximum absolute atomic E-state index is 12.3. The monoisotopic (exact) mass is 372 g/mol. The molecule has 0 atom stereocenters. The van der Waals surface area contributed by atoms with Crippen LogP contribution in [0.15, 0.2) is 24.3 Å². The maximum Gasteiger partial charge on any atom is 0.359 e. The van der Waals surface area contributed by atoms with Crippen molar-refractivity contribution < 1.29 is 14.3 Å². The molecule has 1 fully saturated rings. The van der Waals surface area contributed by atoms with Gasteiger partial charge in [-0.2, -0.15) is 5.10 Å². The number of carbonyl (C=O) groups excluding carboxylic acids is 1. The molecule has 1 aliphatic rings. The van der Waals surface area contributed by atoms with E-state index < -0.39 is 0 Å². The third-order valence-electron chi connectivity index (χ3n) is 4.47. The van der Waals surface area contributed by atoms with Crippen LogP contribution in [0.4, 0.5) is 5.13 Å². The Hall–Kier alpha value is -2.61. The van der Waals surface area contributed by atoms with Gasteiger partial charge in [0, 0.05) is 12.2 Å². The normalized spacial score (nSPS) is 14.5. The van der Waals surface area contributed by atoms with E-state index >= 15 is 0 Å². The summed E-state index contributed by atoms with van der Waals surface area (Å²) in [5.41, 5.74) is 2.20. The van der Waals surface area contributed by atoms with Crippen LogP contribution >= 0.6 is 11.3 Å². The van der Waals surface area contributed by atoms with E-state index in [1.165, 1.54) is 0 Å². The van der Waals surface area contributed by atoms with Gasteiger partial charge in [-0.05, 0) is 32.0 Å². The number of carbonyl (C=O) groups is 1. The number of fused-ring (bicyclic) bond motifs is 1. The van der Waals surface area contributed by atoms with Crippen LogP contribution in [0.1, 0.15) is 23.1 Å². The maximum atomic E-state index is 12.3. The number of para-hydroxylation sites is 1. The molecule has 136 valence electrons. The predicted octanol–water partition coefficient (Wildman–Crippen LogP) is 2.88. The lowest BCUT2D eigenvalue weighted by Gasteiger charge is -2.37. The van der Waals surface area contributed by atoms with Crippen molar-refractivity contribution in [2.24, 2.45) is 0 Å². The molecule has 0 saturated carbocycles. The Morgan fingerprint density at radius 3 is 2.88 bits per heavy atom. The van der Waals surface area contributed by atoms with E-state index in [-0.39, 0.29) is 12.1 Å². The van der Waals surface area contributed by atoms with Crippen molar-refractivity contribution in [2.45, 2.75) is 26.5 Å². The second kappa shape index (κ2) is 6.60. The molecule has 1 aromatic carbocycles. The fourth-order valence-corrected chi connectivity index (χ4v) is 4.02. The zero-order valence-electron chi connectivity index (χ0n) is 14.9. The van der Waals surface area contributed by atoms with Crippen molar-refractivity contribution in [1.82, 2.24) is 14.8 Å². The number of benzene rings is 1. The van der Waals surface area contributed by atoms with E-state index in [1.54, 1.807) is 29.2 Å². The number of rotatable bonds is 5. The summed E-state index contributed by atoms with van der Waals surface area (Å²) in [6, 6.07) is 7.66. The van der Waals surface area contributed by atoms with Crippen LogP contribution in [0, 0.1) is 6.92 Å². The smallest absolute Gasteiger partial charge is 0.359 e. The number of ether oxygens (including phenoxy) is 2. The fourth-order valence-electron chi connectivity index (χ4n) is 3.02. The van der Waals surface area contributed by atoms with E-state index in [0.717, 1.165) is 33.3 Å². The first-order valence-electron chi connectivity index (χ1n) is 8.53. The second-order valence-electron chi connectivity index (χ2n) is 6.22. The number of aryl methyl sites for hydroxylation is 2. The molecule has 0 unspecified atom stereocenters. The van der Waals surface area contributed by atoms with Crippen LogP contribution in [0.5, 0.6) is 5.75 Å². The molecule has 3 aromatic rings. The molecule has 3 heterocycles. The number of methoxy groups -OCH3 is 1. The molecule has 0 N–H and O–H groups in total. The van der Waals surface area contributed by atoms with E-state index in [1.807, 2.05) is 32.0 Å². The minimum atomic E-state index is -0.365. The third kappa shape index (κ3) is 2.90. The summed E-state index contributed by atoms with van der Waals surface area (Å²) in [5, 5.41) is 5.19. The van der Waals surface area contributed by atoms with Gasteiger partial charge in [0.05, 0.1) is 24.9 Å². The number of anilines is 1. The molecular weight excluding hydrogens is 352 g/mol. The highest BCUT2D eigenvalue weighted by Crippen LogP contribution is 2.35. The highest BCUT2D eigenvalue weighted by Gasteiger charge is 2.33. The Bertz CT molecular complexity index is 959. The van der Waals surface area contributed by atoms with Gasteiger partial charge in [0.1, 0.15) is 17.4 Å². The number of nitrogens with zero attached hydrogens (tertiary/aromatic N) is 4. The summed E-state index contributed by atoms with van der Waals surface area (Å²) < 4.78 is 13.8. The van der Waals surface area contributed by atoms with E-state index in [2.05, 4.69) is 15.0 Å². The Labute approximate surface area is 155 Å². The van der Waals surface area contributed by atoms with Gasteiger partial charge in [-0.25, -0.2) is 9.78 Å². The summed E-state index contributed by atoms with van der Waals surface area (Å²) in [4.78, 5) is 19.0. The zero-order valence-corrected chi connectivity index (χ0v) is 15.7. The summed E-state index contributed by atoms with van der Waals surface area (Å²) in [7, 11) is 1.65. The largest absolute Gasteiger partial charge is 0.494 e. The molecule has 26 heavy (non-hydrogen) atoms. The standard InChI is InChI=1S/C18H20N4O3S/c1-4-22-11(2)8-13(20-22)17(23)25-12-9-21(10-12)18-19-16-14(24-3)6-5-7-15(16)26-18/h5-8,12H,4,9-10H2,1-3H3. The summed E-state index contributed by atoms with van der Waals surface area (Å²) >= 11 is 1.61. The summed E-state index contributed by atoms with van der Waals surface area (Å²) in [5.74, 6) is 0.409. The van der Waals surface area contributed by atoms with Gasteiger partial charge < -0.3 is 14.4 Å². The first-order chi connectivity index (χ1) is 12.6. The minimum absolute atomic E-state index is 0.136. The van der Waals surface area contributed by atoms with E-state index in [9.17, 15) is 4.79 Å². The Balaban J connectivity index is 1.40. The van der Waals surface area contributed by atoms with Gasteiger partial charge >= 0.3 is 5.97 Å². The first-order valence-corrected chi connectivity index (χ1v) is 9.34. The van der Waals surface area contributed by atoms with Crippen molar-refractivity contribution in [3.8, 4) is 5.75 Å². The zero-order chi connectivity index (χ0) is 18.3. The molecule has 0 spiro atoms. The van der Waals surface area contributed by atoms with Gasteiger partial charge in [0.2, 0.25) is 0 Å². The van der Waals surface area contributed by atoms with Crippen LogP contribution in [0.25, 0.3) is 10.2 Å². The van der Waals surface area contributed by atoms with Crippen molar-refractivity contribution >= 4 is 32.7 Å². The molecule has 7 nitrogen and oxygen atoms in total. The molecule has 1 saturated heterocycles. The van der Waals surface area contributed by atoms with Gasteiger partial charge in [-0.15, -0.1) is 0 Å². The quantitative estimate of drug-likeness (QED) is 0.642. The fraction of sp³-hybridized carbons (Fsp3) is 0.389. The lowest BCUT2D eigenvalue weighted by molar-refractivity contribution is 0.0226. The van der Waals surface area contributed by atoms with Gasteiger partial charge in [0.15, 0.2) is 10.8 Å². The van der Waals surface area contributed by atoms with Crippen molar-refractivity contribution in [2.75, 3.05) is 25.1 Å². The Kier molecular flexibility index (Phi) is 4.28. The summed E-state index contributed by atoms with van der Waals surface area (Å²) in [6.07, 6.45) is -0.136. The average Bonchev–Trinajstić information content (AvgIpc) is 3.20.